The molecule has 132 valence electrons. The number of carbonyl (C=O) groups excluding carboxylic acids is 3. The molecular formula is C18H26N2O3S. The van der Waals surface area contributed by atoms with Crippen LogP contribution in [0.15, 0.2) is 17.5 Å². The number of piperidine rings is 1. The average molecular weight is 350 g/mol. The molecule has 1 fully saturated rings. The van der Waals surface area contributed by atoms with Crippen LogP contribution in [0.2, 0.25) is 0 Å². The second-order valence-corrected chi connectivity index (χ2v) is 7.69. The van der Waals surface area contributed by atoms with Crippen LogP contribution in [0.25, 0.3) is 0 Å². The standard InChI is InChI=1S/C18H26N2O3S/c1-13-10-14(2)12-20(11-13)18(23)7-8-19-17(22)6-5-15(21)16-4-3-9-24-16/h3-4,9,13-14H,5-8,10-12H2,1-2H3,(H,19,22). The van der Waals surface area contributed by atoms with Crippen molar-refractivity contribution >= 4 is 28.9 Å². The molecule has 0 bridgehead atoms. The third kappa shape index (κ3) is 5.74. The van der Waals surface area contributed by atoms with E-state index in [4.69, 9.17) is 0 Å². The van der Waals surface area contributed by atoms with Gasteiger partial charge < -0.3 is 10.2 Å². The third-order valence-corrected chi connectivity index (χ3v) is 5.17. The molecule has 0 aliphatic carbocycles. The highest BCUT2D eigenvalue weighted by atomic mass is 32.1. The fourth-order valence-electron chi connectivity index (χ4n) is 3.21. The predicted octanol–water partition coefficient (Wildman–Crippen LogP) is 2.72. The lowest BCUT2D eigenvalue weighted by atomic mass is 9.92. The maximum absolute atomic E-state index is 12.2. The van der Waals surface area contributed by atoms with Crippen molar-refractivity contribution in [3.8, 4) is 0 Å². The van der Waals surface area contributed by atoms with Crippen molar-refractivity contribution in [2.24, 2.45) is 11.8 Å². The minimum absolute atomic E-state index is 0.00693. The van der Waals surface area contributed by atoms with Gasteiger partial charge in [-0.05, 0) is 29.7 Å². The Morgan fingerprint density at radius 2 is 1.88 bits per heavy atom. The normalized spacial score (nSPS) is 20.7. The van der Waals surface area contributed by atoms with Gasteiger partial charge in [-0.15, -0.1) is 11.3 Å². The molecule has 0 spiro atoms. The molecule has 1 aromatic rings. The lowest BCUT2D eigenvalue weighted by Gasteiger charge is -2.35. The van der Waals surface area contributed by atoms with Gasteiger partial charge in [-0.3, -0.25) is 14.4 Å². The number of carbonyl (C=O) groups is 3. The van der Waals surface area contributed by atoms with Crippen LogP contribution in [-0.4, -0.2) is 42.1 Å². The minimum Gasteiger partial charge on any atom is -0.356 e. The van der Waals surface area contributed by atoms with Crippen molar-refractivity contribution < 1.29 is 14.4 Å². The summed E-state index contributed by atoms with van der Waals surface area (Å²) in [4.78, 5) is 38.4. The molecule has 1 aliphatic heterocycles. The largest absolute Gasteiger partial charge is 0.356 e. The predicted molar refractivity (Wildman–Crippen MR) is 95.0 cm³/mol. The van der Waals surface area contributed by atoms with Gasteiger partial charge in [-0.25, -0.2) is 0 Å². The van der Waals surface area contributed by atoms with E-state index in [0.717, 1.165) is 13.1 Å². The number of likely N-dealkylation sites (tertiary alicyclic amines) is 1. The quantitative estimate of drug-likeness (QED) is 0.769. The zero-order chi connectivity index (χ0) is 17.5. The molecule has 1 N–H and O–H groups in total. The zero-order valence-electron chi connectivity index (χ0n) is 14.4. The number of thiophene rings is 1. The number of nitrogens with one attached hydrogen (secondary N) is 1. The second-order valence-electron chi connectivity index (χ2n) is 6.75. The van der Waals surface area contributed by atoms with Crippen LogP contribution in [0.1, 0.15) is 49.2 Å². The van der Waals surface area contributed by atoms with Crippen LogP contribution in [0, 0.1) is 11.8 Å². The summed E-state index contributed by atoms with van der Waals surface area (Å²) < 4.78 is 0. The van der Waals surface area contributed by atoms with E-state index in [-0.39, 0.29) is 30.4 Å². The van der Waals surface area contributed by atoms with Crippen molar-refractivity contribution in [2.45, 2.75) is 39.5 Å². The van der Waals surface area contributed by atoms with Crippen molar-refractivity contribution in [1.82, 2.24) is 10.2 Å². The van der Waals surface area contributed by atoms with Crippen molar-refractivity contribution in [1.29, 1.82) is 0 Å². The molecule has 5 nitrogen and oxygen atoms in total. The maximum Gasteiger partial charge on any atom is 0.224 e. The van der Waals surface area contributed by atoms with Crippen molar-refractivity contribution in [3.05, 3.63) is 22.4 Å². The summed E-state index contributed by atoms with van der Waals surface area (Å²) in [5.74, 6) is 0.995. The smallest absolute Gasteiger partial charge is 0.224 e. The molecule has 6 heteroatoms. The van der Waals surface area contributed by atoms with Crippen LogP contribution in [-0.2, 0) is 9.59 Å². The first-order chi connectivity index (χ1) is 11.5. The first-order valence-corrected chi connectivity index (χ1v) is 9.45. The molecule has 2 amide bonds. The van der Waals surface area contributed by atoms with E-state index < -0.39 is 0 Å². The average Bonchev–Trinajstić information content (AvgIpc) is 3.06. The maximum atomic E-state index is 12.2. The van der Waals surface area contributed by atoms with Gasteiger partial charge in [0.15, 0.2) is 5.78 Å². The van der Waals surface area contributed by atoms with Gasteiger partial charge in [0.05, 0.1) is 4.88 Å². The van der Waals surface area contributed by atoms with Gasteiger partial charge >= 0.3 is 0 Å². The van der Waals surface area contributed by atoms with E-state index in [0.29, 0.717) is 29.7 Å². The summed E-state index contributed by atoms with van der Waals surface area (Å²) in [6.07, 6.45) is 1.87. The topological polar surface area (TPSA) is 66.5 Å². The van der Waals surface area contributed by atoms with Gasteiger partial charge in [0.1, 0.15) is 0 Å². The van der Waals surface area contributed by atoms with E-state index in [1.165, 1.54) is 17.8 Å². The Labute approximate surface area is 147 Å². The number of Topliss-reactive ketones (excluding diaryl/α,β-unsaturated/α-hetero) is 1. The van der Waals surface area contributed by atoms with Crippen LogP contribution in [0.3, 0.4) is 0 Å². The summed E-state index contributed by atoms with van der Waals surface area (Å²) in [5, 5.41) is 4.59. The Balaban J connectivity index is 1.63. The molecular weight excluding hydrogens is 324 g/mol. The van der Waals surface area contributed by atoms with Crippen LogP contribution in [0.4, 0.5) is 0 Å². The van der Waals surface area contributed by atoms with E-state index in [2.05, 4.69) is 19.2 Å². The highest BCUT2D eigenvalue weighted by Gasteiger charge is 2.24. The molecule has 1 aromatic heterocycles. The fraction of sp³-hybridized carbons (Fsp3) is 0.611. The second kappa shape index (κ2) is 8.97. The van der Waals surface area contributed by atoms with Crippen molar-refractivity contribution in [2.75, 3.05) is 19.6 Å². The van der Waals surface area contributed by atoms with E-state index >= 15 is 0 Å². The molecule has 0 saturated carbocycles. The van der Waals surface area contributed by atoms with Gasteiger partial charge in [-0.2, -0.15) is 0 Å². The zero-order valence-corrected chi connectivity index (χ0v) is 15.2. The monoisotopic (exact) mass is 350 g/mol. The van der Waals surface area contributed by atoms with Gasteiger partial charge in [-0.1, -0.05) is 19.9 Å². The Kier molecular flexibility index (Phi) is 6.97. The lowest BCUT2D eigenvalue weighted by molar-refractivity contribution is -0.133. The van der Waals surface area contributed by atoms with E-state index in [1.54, 1.807) is 6.07 Å². The van der Waals surface area contributed by atoms with Crippen molar-refractivity contribution in [3.63, 3.8) is 0 Å². The molecule has 2 heterocycles. The number of nitrogens with zero attached hydrogens (tertiary/aromatic N) is 1. The Bertz CT molecular complexity index is 561. The molecule has 1 saturated heterocycles. The number of hydrogen-bond acceptors (Lipinski definition) is 4. The third-order valence-electron chi connectivity index (χ3n) is 4.26. The SMILES string of the molecule is CC1CC(C)CN(C(=O)CCNC(=O)CCC(=O)c2cccs2)C1. The summed E-state index contributed by atoms with van der Waals surface area (Å²) >= 11 is 1.39. The molecule has 0 aromatic carbocycles. The summed E-state index contributed by atoms with van der Waals surface area (Å²) in [7, 11) is 0. The molecule has 2 atom stereocenters. The Morgan fingerprint density at radius 1 is 1.17 bits per heavy atom. The van der Waals surface area contributed by atoms with E-state index in [9.17, 15) is 14.4 Å². The van der Waals surface area contributed by atoms with Crippen LogP contribution < -0.4 is 5.32 Å². The number of hydrogen-bond donors (Lipinski definition) is 1. The van der Waals surface area contributed by atoms with Gasteiger partial charge in [0.25, 0.3) is 0 Å². The summed E-state index contributed by atoms with van der Waals surface area (Å²) in [6.45, 7) is 6.30. The Hall–Kier alpha value is -1.69. The molecule has 1 aliphatic rings. The highest BCUT2D eigenvalue weighted by Crippen LogP contribution is 2.21. The summed E-state index contributed by atoms with van der Waals surface area (Å²) in [5.41, 5.74) is 0. The van der Waals surface area contributed by atoms with Crippen LogP contribution >= 0.6 is 11.3 Å². The first-order valence-electron chi connectivity index (χ1n) is 8.57. The highest BCUT2D eigenvalue weighted by molar-refractivity contribution is 7.12. The minimum atomic E-state index is -0.173. The van der Waals surface area contributed by atoms with Gasteiger partial charge in [0, 0.05) is 38.9 Å². The first kappa shape index (κ1) is 18.6. The molecule has 2 rings (SSSR count). The Morgan fingerprint density at radius 3 is 2.50 bits per heavy atom. The fourth-order valence-corrected chi connectivity index (χ4v) is 3.90. The lowest BCUT2D eigenvalue weighted by Crippen LogP contribution is -2.43. The summed E-state index contributed by atoms with van der Waals surface area (Å²) in [6, 6.07) is 3.59. The number of amides is 2. The molecule has 0 radical (unpaired) electrons. The van der Waals surface area contributed by atoms with Crippen LogP contribution in [0.5, 0.6) is 0 Å². The molecule has 24 heavy (non-hydrogen) atoms. The number of rotatable bonds is 7. The molecule has 2 unspecified atom stereocenters. The van der Waals surface area contributed by atoms with E-state index in [1.807, 2.05) is 16.3 Å². The van der Waals surface area contributed by atoms with Gasteiger partial charge in [0.2, 0.25) is 11.8 Å². The number of ketones is 1.